The normalized spacial score (nSPS) is 14.4. The number of nitrogens with one attached hydrogen (secondary N) is 1. The highest BCUT2D eigenvalue weighted by molar-refractivity contribution is 7.92. The van der Waals surface area contributed by atoms with Crippen LogP contribution < -0.4 is 9.62 Å². The van der Waals surface area contributed by atoms with E-state index in [1.807, 2.05) is 30.3 Å². The third kappa shape index (κ3) is 8.44. The third-order valence-electron chi connectivity index (χ3n) is 7.10. The Balaban J connectivity index is 1.74. The van der Waals surface area contributed by atoms with Gasteiger partial charge in [0.2, 0.25) is 21.8 Å². The number of carbonyl (C=O) groups excluding carboxylic acids is 2. The number of sulfonamides is 1. The van der Waals surface area contributed by atoms with Crippen molar-refractivity contribution in [2.24, 2.45) is 0 Å². The number of halogens is 3. The van der Waals surface area contributed by atoms with Crippen molar-refractivity contribution in [3.05, 3.63) is 99.8 Å². The number of nitrogens with zero attached hydrogens (tertiary/aromatic N) is 2. The molecular formula is C30H32Cl2FN3O4S. The fraction of sp³-hybridized carbons (Fsp3) is 0.333. The van der Waals surface area contributed by atoms with Crippen LogP contribution in [-0.4, -0.2) is 50.0 Å². The maximum atomic E-state index is 14.1. The van der Waals surface area contributed by atoms with Crippen LogP contribution in [0.15, 0.2) is 72.8 Å². The molecule has 0 bridgehead atoms. The molecule has 1 fully saturated rings. The molecule has 1 N–H and O–H groups in total. The van der Waals surface area contributed by atoms with Gasteiger partial charge in [0.05, 0.1) is 11.9 Å². The minimum atomic E-state index is -4.00. The maximum Gasteiger partial charge on any atom is 0.244 e. The molecule has 0 saturated heterocycles. The van der Waals surface area contributed by atoms with Crippen molar-refractivity contribution in [2.45, 2.75) is 50.7 Å². The number of amides is 2. The Bertz CT molecular complexity index is 1480. The van der Waals surface area contributed by atoms with E-state index in [1.165, 1.54) is 23.1 Å². The third-order valence-corrected chi connectivity index (χ3v) is 8.83. The zero-order valence-corrected chi connectivity index (χ0v) is 24.9. The van der Waals surface area contributed by atoms with Crippen molar-refractivity contribution >= 4 is 50.7 Å². The summed E-state index contributed by atoms with van der Waals surface area (Å²) in [6.07, 6.45) is 4.85. The van der Waals surface area contributed by atoms with Gasteiger partial charge in [-0.2, -0.15) is 0 Å². The molecule has 4 rings (SSSR count). The maximum absolute atomic E-state index is 14.1. The summed E-state index contributed by atoms with van der Waals surface area (Å²) in [7, 11) is -4.00. The summed E-state index contributed by atoms with van der Waals surface area (Å²) in [5, 5.41) is 3.81. The number of rotatable bonds is 11. The van der Waals surface area contributed by atoms with Crippen LogP contribution in [0.5, 0.6) is 0 Å². The van der Waals surface area contributed by atoms with E-state index >= 15 is 0 Å². The first-order valence-corrected chi connectivity index (χ1v) is 15.9. The minimum absolute atomic E-state index is 0.000317. The van der Waals surface area contributed by atoms with Crippen LogP contribution in [0.3, 0.4) is 0 Å². The largest absolute Gasteiger partial charge is 0.352 e. The molecule has 0 aromatic heterocycles. The summed E-state index contributed by atoms with van der Waals surface area (Å²) in [6.45, 7) is -0.722. The summed E-state index contributed by atoms with van der Waals surface area (Å²) in [5.41, 5.74) is 1.36. The van der Waals surface area contributed by atoms with Gasteiger partial charge < -0.3 is 10.2 Å². The first-order chi connectivity index (χ1) is 19.5. The molecule has 1 aliphatic rings. The average Bonchev–Trinajstić information content (AvgIpc) is 3.43. The van der Waals surface area contributed by atoms with Gasteiger partial charge in [-0.25, -0.2) is 12.8 Å². The van der Waals surface area contributed by atoms with E-state index in [9.17, 15) is 22.4 Å². The highest BCUT2D eigenvalue weighted by Crippen LogP contribution is 2.26. The molecule has 0 spiro atoms. The van der Waals surface area contributed by atoms with Crippen molar-refractivity contribution in [3.8, 4) is 0 Å². The number of carbonyl (C=O) groups is 2. The predicted molar refractivity (Wildman–Crippen MR) is 160 cm³/mol. The van der Waals surface area contributed by atoms with E-state index in [1.54, 1.807) is 18.2 Å². The predicted octanol–water partition coefficient (Wildman–Crippen LogP) is 5.60. The summed E-state index contributed by atoms with van der Waals surface area (Å²) in [4.78, 5) is 29.3. The lowest BCUT2D eigenvalue weighted by Gasteiger charge is -2.34. The Hall–Kier alpha value is -3.14. The number of hydrogen-bond donors (Lipinski definition) is 1. The first-order valence-electron chi connectivity index (χ1n) is 13.3. The molecule has 7 nitrogen and oxygen atoms in total. The van der Waals surface area contributed by atoms with E-state index in [0.29, 0.717) is 15.6 Å². The van der Waals surface area contributed by atoms with Crippen molar-refractivity contribution in [1.29, 1.82) is 0 Å². The molecule has 3 aromatic carbocycles. The SMILES string of the molecule is CS(=O)(=O)N(CC(=O)N(Cc1ccc(Cl)cc1Cl)[C@H](Cc1ccccc1)C(=O)NC1CCCC1)c1cccc(F)c1. The van der Waals surface area contributed by atoms with Crippen LogP contribution in [0, 0.1) is 5.82 Å². The quantitative estimate of drug-likeness (QED) is 0.303. The smallest absolute Gasteiger partial charge is 0.244 e. The Morgan fingerprint density at radius 1 is 1.00 bits per heavy atom. The van der Waals surface area contributed by atoms with Gasteiger partial charge in [0, 0.05) is 29.1 Å². The topological polar surface area (TPSA) is 86.8 Å². The van der Waals surface area contributed by atoms with Gasteiger partial charge >= 0.3 is 0 Å². The van der Waals surface area contributed by atoms with Gasteiger partial charge in [-0.15, -0.1) is 0 Å². The minimum Gasteiger partial charge on any atom is -0.352 e. The van der Waals surface area contributed by atoms with Crippen LogP contribution in [-0.2, 0) is 32.6 Å². The van der Waals surface area contributed by atoms with Crippen molar-refractivity contribution < 1.29 is 22.4 Å². The van der Waals surface area contributed by atoms with Crippen LogP contribution in [0.2, 0.25) is 10.0 Å². The lowest BCUT2D eigenvalue weighted by molar-refractivity contribution is -0.140. The fourth-order valence-electron chi connectivity index (χ4n) is 5.00. The Kier molecular flexibility index (Phi) is 10.3. The lowest BCUT2D eigenvalue weighted by atomic mass is 10.0. The van der Waals surface area contributed by atoms with Gasteiger partial charge in [-0.3, -0.25) is 13.9 Å². The highest BCUT2D eigenvalue weighted by Gasteiger charge is 2.34. The molecule has 0 aliphatic heterocycles. The van der Waals surface area contributed by atoms with Crippen LogP contribution in [0.4, 0.5) is 10.1 Å². The summed E-state index contributed by atoms with van der Waals surface area (Å²) >= 11 is 12.6. The summed E-state index contributed by atoms with van der Waals surface area (Å²) in [6, 6.07) is 18.1. The van der Waals surface area contributed by atoms with Crippen LogP contribution >= 0.6 is 23.2 Å². The molecule has 11 heteroatoms. The number of anilines is 1. The van der Waals surface area contributed by atoms with Gasteiger partial charge in [-0.1, -0.05) is 78.5 Å². The van der Waals surface area contributed by atoms with Gasteiger partial charge in [0.25, 0.3) is 0 Å². The molecule has 1 atom stereocenters. The Labute approximate surface area is 250 Å². The van der Waals surface area contributed by atoms with E-state index in [4.69, 9.17) is 23.2 Å². The molecule has 3 aromatic rings. The molecular weight excluding hydrogens is 588 g/mol. The second-order valence-corrected chi connectivity index (χ2v) is 13.0. The second kappa shape index (κ2) is 13.7. The van der Waals surface area contributed by atoms with E-state index in [2.05, 4.69) is 5.32 Å². The van der Waals surface area contributed by atoms with Crippen LogP contribution in [0.25, 0.3) is 0 Å². The molecule has 0 heterocycles. The number of hydrogen-bond acceptors (Lipinski definition) is 4. The molecule has 0 radical (unpaired) electrons. The lowest BCUT2D eigenvalue weighted by Crippen LogP contribution is -2.54. The van der Waals surface area contributed by atoms with E-state index in [0.717, 1.165) is 47.9 Å². The van der Waals surface area contributed by atoms with Gasteiger partial charge in [0.1, 0.15) is 18.4 Å². The molecule has 1 aliphatic carbocycles. The van der Waals surface area contributed by atoms with E-state index in [-0.39, 0.29) is 30.6 Å². The van der Waals surface area contributed by atoms with Crippen molar-refractivity contribution in [3.63, 3.8) is 0 Å². The van der Waals surface area contributed by atoms with Crippen molar-refractivity contribution in [1.82, 2.24) is 10.2 Å². The van der Waals surface area contributed by atoms with Gasteiger partial charge in [0.15, 0.2) is 0 Å². The molecule has 2 amide bonds. The van der Waals surface area contributed by atoms with Crippen molar-refractivity contribution in [2.75, 3.05) is 17.1 Å². The molecule has 41 heavy (non-hydrogen) atoms. The molecule has 1 saturated carbocycles. The fourth-order valence-corrected chi connectivity index (χ4v) is 6.31. The zero-order chi connectivity index (χ0) is 29.6. The molecule has 0 unspecified atom stereocenters. The Morgan fingerprint density at radius 3 is 2.34 bits per heavy atom. The Morgan fingerprint density at radius 2 is 1.71 bits per heavy atom. The van der Waals surface area contributed by atoms with E-state index < -0.39 is 34.3 Å². The molecule has 218 valence electrons. The zero-order valence-electron chi connectivity index (χ0n) is 22.6. The average molecular weight is 621 g/mol. The second-order valence-electron chi connectivity index (χ2n) is 10.2. The highest BCUT2D eigenvalue weighted by atomic mass is 35.5. The first kappa shape index (κ1) is 30.8. The standard InChI is InChI=1S/C30H32Cl2FN3O4S/c1-41(39,40)36(26-13-7-10-24(33)18-26)20-29(37)35(19-22-14-15-23(31)17-27(22)32)28(16-21-8-3-2-4-9-21)30(38)34-25-11-5-6-12-25/h2-4,7-10,13-15,17-18,25,28H,5-6,11-12,16,19-20H2,1H3,(H,34,38)/t28-/m1/s1. The van der Waals surface area contributed by atoms with Crippen LogP contribution in [0.1, 0.15) is 36.8 Å². The monoisotopic (exact) mass is 619 g/mol. The number of benzene rings is 3. The summed E-state index contributed by atoms with van der Waals surface area (Å²) < 4.78 is 40.5. The van der Waals surface area contributed by atoms with Gasteiger partial charge in [-0.05, 0) is 54.3 Å². The summed E-state index contributed by atoms with van der Waals surface area (Å²) in [5.74, 6) is -1.63.